The van der Waals surface area contributed by atoms with E-state index in [-0.39, 0.29) is 0 Å². The molecule has 2 nitrogen and oxygen atoms in total. The van der Waals surface area contributed by atoms with Crippen molar-refractivity contribution in [3.63, 3.8) is 0 Å². The molecule has 0 heterocycles. The molecule has 0 aromatic heterocycles. The van der Waals surface area contributed by atoms with E-state index in [4.69, 9.17) is 0 Å². The van der Waals surface area contributed by atoms with Crippen LogP contribution in [0.15, 0.2) is 18.2 Å². The Labute approximate surface area is 75.2 Å². The Kier molecular flexibility index (Phi) is 3.33. The van der Waals surface area contributed by atoms with Gasteiger partial charge in [-0.1, -0.05) is 6.07 Å². The lowest BCUT2D eigenvalue weighted by Gasteiger charge is -2.09. The van der Waals surface area contributed by atoms with Gasteiger partial charge >= 0.3 is 0 Å². The van der Waals surface area contributed by atoms with Gasteiger partial charge in [-0.2, -0.15) is 0 Å². The van der Waals surface area contributed by atoms with Crippen LogP contribution in [-0.2, 0) is 0 Å². The molecule has 0 aliphatic rings. The number of aliphatic hydroxyl groups excluding tert-OH is 1. The monoisotopic (exact) mass is 187 g/mol. The van der Waals surface area contributed by atoms with Crippen molar-refractivity contribution in [2.24, 2.45) is 0 Å². The fourth-order valence-corrected chi connectivity index (χ4v) is 1.03. The molecule has 1 rings (SSSR count). The van der Waals surface area contributed by atoms with Crippen LogP contribution in [0.2, 0.25) is 0 Å². The van der Waals surface area contributed by atoms with Crippen LogP contribution in [0.5, 0.6) is 0 Å². The second kappa shape index (κ2) is 4.30. The number of nitrogens with one attached hydrogen (secondary N) is 1. The zero-order valence-corrected chi connectivity index (χ0v) is 7.22. The molecule has 0 saturated carbocycles. The first-order chi connectivity index (χ1) is 6.15. The average molecular weight is 187 g/mol. The summed E-state index contributed by atoms with van der Waals surface area (Å²) in [4.78, 5) is 0. The molecule has 1 atom stereocenters. The van der Waals surface area contributed by atoms with Crippen molar-refractivity contribution in [3.8, 4) is 0 Å². The number of aliphatic hydroxyl groups is 1. The van der Waals surface area contributed by atoms with Crippen LogP contribution in [0.4, 0.5) is 8.78 Å². The van der Waals surface area contributed by atoms with Crippen molar-refractivity contribution >= 4 is 0 Å². The van der Waals surface area contributed by atoms with Gasteiger partial charge in [0.1, 0.15) is 0 Å². The molecular formula is C9H11F2NO. The SMILES string of the molecule is CNC[C@H](O)c1ccc(F)c(F)c1. The van der Waals surface area contributed by atoms with Crippen molar-refractivity contribution in [2.75, 3.05) is 13.6 Å². The quantitative estimate of drug-likeness (QED) is 0.745. The van der Waals surface area contributed by atoms with Crippen LogP contribution >= 0.6 is 0 Å². The molecule has 4 heteroatoms. The molecule has 0 bridgehead atoms. The summed E-state index contributed by atoms with van der Waals surface area (Å²) in [6, 6.07) is 3.36. The molecule has 1 aromatic rings. The average Bonchev–Trinajstić information content (AvgIpc) is 2.10. The van der Waals surface area contributed by atoms with Crippen molar-refractivity contribution in [1.82, 2.24) is 5.32 Å². The second-order valence-corrected chi connectivity index (χ2v) is 2.75. The summed E-state index contributed by atoms with van der Waals surface area (Å²) in [5, 5.41) is 12.1. The standard InChI is InChI=1S/C9H11F2NO/c1-12-5-9(13)6-2-3-7(10)8(11)4-6/h2-4,9,12-13H,5H2,1H3/t9-/m0/s1. The Hall–Kier alpha value is -1.00. The van der Waals surface area contributed by atoms with Gasteiger partial charge in [0.05, 0.1) is 6.10 Å². The molecule has 0 aliphatic heterocycles. The summed E-state index contributed by atoms with van der Waals surface area (Å²) < 4.78 is 25.1. The van der Waals surface area contributed by atoms with E-state index >= 15 is 0 Å². The van der Waals surface area contributed by atoms with Crippen LogP contribution < -0.4 is 5.32 Å². The van der Waals surface area contributed by atoms with Crippen LogP contribution in [0.1, 0.15) is 11.7 Å². The lowest BCUT2D eigenvalue weighted by atomic mass is 10.1. The predicted octanol–water partition coefficient (Wildman–Crippen LogP) is 1.22. The molecule has 0 unspecified atom stereocenters. The van der Waals surface area contributed by atoms with E-state index in [0.29, 0.717) is 12.1 Å². The van der Waals surface area contributed by atoms with E-state index in [2.05, 4.69) is 5.32 Å². The van der Waals surface area contributed by atoms with Crippen LogP contribution in [0.25, 0.3) is 0 Å². The van der Waals surface area contributed by atoms with Crippen molar-refractivity contribution in [1.29, 1.82) is 0 Å². The maximum Gasteiger partial charge on any atom is 0.159 e. The predicted molar refractivity (Wildman–Crippen MR) is 45.2 cm³/mol. The molecule has 13 heavy (non-hydrogen) atoms. The van der Waals surface area contributed by atoms with Crippen molar-refractivity contribution < 1.29 is 13.9 Å². The molecule has 0 amide bonds. The van der Waals surface area contributed by atoms with E-state index in [0.717, 1.165) is 12.1 Å². The Morgan fingerprint density at radius 2 is 2.08 bits per heavy atom. The molecule has 0 spiro atoms. The lowest BCUT2D eigenvalue weighted by molar-refractivity contribution is 0.177. The summed E-state index contributed by atoms with van der Waals surface area (Å²) in [5.41, 5.74) is 0.369. The number of hydrogen-bond acceptors (Lipinski definition) is 2. The van der Waals surface area contributed by atoms with Crippen molar-refractivity contribution in [3.05, 3.63) is 35.4 Å². The molecule has 0 saturated heterocycles. The fourth-order valence-electron chi connectivity index (χ4n) is 1.03. The number of hydrogen-bond donors (Lipinski definition) is 2. The van der Waals surface area contributed by atoms with E-state index < -0.39 is 17.7 Å². The Morgan fingerprint density at radius 3 is 2.62 bits per heavy atom. The van der Waals surface area contributed by atoms with Gasteiger partial charge in [0.2, 0.25) is 0 Å². The Morgan fingerprint density at radius 1 is 1.38 bits per heavy atom. The zero-order valence-electron chi connectivity index (χ0n) is 7.22. The topological polar surface area (TPSA) is 32.3 Å². The second-order valence-electron chi connectivity index (χ2n) is 2.75. The number of likely N-dealkylation sites (N-methyl/N-ethyl adjacent to an activating group) is 1. The first kappa shape index (κ1) is 10.1. The highest BCUT2D eigenvalue weighted by molar-refractivity contribution is 5.20. The zero-order chi connectivity index (χ0) is 9.84. The van der Waals surface area contributed by atoms with Gasteiger partial charge in [-0.25, -0.2) is 8.78 Å². The maximum absolute atomic E-state index is 12.7. The van der Waals surface area contributed by atoms with E-state index in [1.54, 1.807) is 7.05 Å². The van der Waals surface area contributed by atoms with E-state index in [9.17, 15) is 13.9 Å². The van der Waals surface area contributed by atoms with Crippen LogP contribution in [-0.4, -0.2) is 18.7 Å². The smallest absolute Gasteiger partial charge is 0.159 e. The molecular weight excluding hydrogens is 176 g/mol. The van der Waals surface area contributed by atoms with Crippen LogP contribution in [0, 0.1) is 11.6 Å². The molecule has 0 radical (unpaired) electrons. The minimum atomic E-state index is -0.937. The molecule has 1 aromatic carbocycles. The molecule has 72 valence electrons. The highest BCUT2D eigenvalue weighted by Crippen LogP contribution is 2.15. The fraction of sp³-hybridized carbons (Fsp3) is 0.333. The van der Waals surface area contributed by atoms with Gasteiger partial charge in [0.25, 0.3) is 0 Å². The number of rotatable bonds is 3. The van der Waals surface area contributed by atoms with Gasteiger partial charge in [-0.3, -0.25) is 0 Å². The first-order valence-corrected chi connectivity index (χ1v) is 3.92. The summed E-state index contributed by atoms with van der Waals surface area (Å²) in [6.45, 7) is 0.311. The highest BCUT2D eigenvalue weighted by atomic mass is 19.2. The van der Waals surface area contributed by atoms with Gasteiger partial charge in [-0.05, 0) is 24.7 Å². The normalized spacial score (nSPS) is 12.9. The summed E-state index contributed by atoms with van der Waals surface area (Å²) in [7, 11) is 1.67. The third-order valence-corrected chi connectivity index (χ3v) is 1.73. The van der Waals surface area contributed by atoms with Gasteiger partial charge in [0.15, 0.2) is 11.6 Å². The molecule has 0 aliphatic carbocycles. The van der Waals surface area contributed by atoms with Gasteiger partial charge in [-0.15, -0.1) is 0 Å². The summed E-state index contributed by atoms with van der Waals surface area (Å²) in [5.74, 6) is -1.84. The molecule has 0 fully saturated rings. The maximum atomic E-state index is 12.7. The van der Waals surface area contributed by atoms with Crippen LogP contribution in [0.3, 0.4) is 0 Å². The third-order valence-electron chi connectivity index (χ3n) is 1.73. The van der Waals surface area contributed by atoms with Gasteiger partial charge < -0.3 is 10.4 Å². The summed E-state index contributed by atoms with van der Waals surface area (Å²) in [6.07, 6.45) is -0.805. The lowest BCUT2D eigenvalue weighted by Crippen LogP contribution is -2.16. The molecule has 2 N–H and O–H groups in total. The number of benzene rings is 1. The minimum absolute atomic E-state index is 0.311. The van der Waals surface area contributed by atoms with E-state index in [1.807, 2.05) is 0 Å². The van der Waals surface area contributed by atoms with Gasteiger partial charge in [0, 0.05) is 6.54 Å². The highest BCUT2D eigenvalue weighted by Gasteiger charge is 2.09. The minimum Gasteiger partial charge on any atom is -0.387 e. The Bertz CT molecular complexity index is 291. The summed E-state index contributed by atoms with van der Waals surface area (Å²) >= 11 is 0. The number of halogens is 2. The third kappa shape index (κ3) is 2.47. The first-order valence-electron chi connectivity index (χ1n) is 3.92. The largest absolute Gasteiger partial charge is 0.387 e. The van der Waals surface area contributed by atoms with Crippen molar-refractivity contribution in [2.45, 2.75) is 6.10 Å². The Balaban J connectivity index is 2.84. The van der Waals surface area contributed by atoms with E-state index in [1.165, 1.54) is 6.07 Å².